The molecular weight excluding hydrogens is 260 g/mol. The third-order valence-electron chi connectivity index (χ3n) is 5.79. The van der Waals surface area contributed by atoms with Gasteiger partial charge in [0.05, 0.1) is 6.61 Å². The summed E-state index contributed by atoms with van der Waals surface area (Å²) in [4.78, 5) is 2.58. The molecule has 126 valence electrons. The van der Waals surface area contributed by atoms with Crippen LogP contribution >= 0.6 is 0 Å². The van der Waals surface area contributed by atoms with Gasteiger partial charge in [-0.25, -0.2) is 0 Å². The largest absolute Gasteiger partial charge is 0.383 e. The normalized spacial score (nSPS) is 27.3. The molecule has 0 amide bonds. The lowest BCUT2D eigenvalue weighted by Crippen LogP contribution is -2.51. The summed E-state index contributed by atoms with van der Waals surface area (Å²) in [5.74, 6) is 0.904. The fraction of sp³-hybridized carbons (Fsp3) is 1.00. The first-order chi connectivity index (χ1) is 9.85. The van der Waals surface area contributed by atoms with Crippen molar-refractivity contribution in [3.8, 4) is 0 Å². The van der Waals surface area contributed by atoms with Crippen LogP contribution in [0, 0.1) is 11.3 Å². The molecule has 0 aromatic heterocycles. The molecule has 0 unspecified atom stereocenters. The zero-order chi connectivity index (χ0) is 15.9. The van der Waals surface area contributed by atoms with E-state index in [-0.39, 0.29) is 0 Å². The monoisotopic (exact) mass is 298 g/mol. The van der Waals surface area contributed by atoms with Crippen LogP contribution in [0.2, 0.25) is 0 Å². The van der Waals surface area contributed by atoms with Crippen molar-refractivity contribution >= 4 is 0 Å². The second-order valence-electron chi connectivity index (χ2n) is 7.87. The Kier molecular flexibility index (Phi) is 7.66. The van der Waals surface area contributed by atoms with Crippen molar-refractivity contribution in [2.24, 2.45) is 11.3 Å². The molecule has 21 heavy (non-hydrogen) atoms. The van der Waals surface area contributed by atoms with Gasteiger partial charge in [-0.05, 0) is 51.5 Å². The molecule has 3 heteroatoms. The van der Waals surface area contributed by atoms with Crippen molar-refractivity contribution in [3.05, 3.63) is 0 Å². The van der Waals surface area contributed by atoms with E-state index in [0.29, 0.717) is 11.0 Å². The van der Waals surface area contributed by atoms with Crippen LogP contribution in [0.5, 0.6) is 0 Å². The van der Waals surface area contributed by atoms with Gasteiger partial charge in [-0.15, -0.1) is 0 Å². The zero-order valence-corrected chi connectivity index (χ0v) is 15.3. The lowest BCUT2D eigenvalue weighted by atomic mass is 9.70. The molecule has 0 radical (unpaired) electrons. The molecule has 3 nitrogen and oxygen atoms in total. The molecule has 0 aromatic rings. The third kappa shape index (κ3) is 5.88. The van der Waals surface area contributed by atoms with E-state index in [0.717, 1.165) is 25.6 Å². The number of nitrogens with zero attached hydrogens (tertiary/aromatic N) is 1. The summed E-state index contributed by atoms with van der Waals surface area (Å²) in [7, 11) is 4.08. The molecule has 1 fully saturated rings. The average Bonchev–Trinajstić information content (AvgIpc) is 2.47. The van der Waals surface area contributed by atoms with E-state index >= 15 is 0 Å². The van der Waals surface area contributed by atoms with Gasteiger partial charge in [-0.1, -0.05) is 26.7 Å². The van der Waals surface area contributed by atoms with Crippen molar-refractivity contribution in [1.29, 1.82) is 0 Å². The maximum atomic E-state index is 5.16. The van der Waals surface area contributed by atoms with Crippen LogP contribution in [-0.2, 0) is 4.74 Å². The molecule has 1 aliphatic rings. The topological polar surface area (TPSA) is 24.5 Å². The van der Waals surface area contributed by atoms with Crippen molar-refractivity contribution < 1.29 is 4.74 Å². The van der Waals surface area contributed by atoms with Gasteiger partial charge >= 0.3 is 0 Å². The first-order valence-electron chi connectivity index (χ1n) is 8.76. The van der Waals surface area contributed by atoms with Crippen LogP contribution < -0.4 is 5.32 Å². The summed E-state index contributed by atoms with van der Waals surface area (Å²) in [6, 6.07) is 0. The highest BCUT2D eigenvalue weighted by Gasteiger charge is 2.37. The Morgan fingerprint density at radius 1 is 1.29 bits per heavy atom. The smallest absolute Gasteiger partial charge is 0.0587 e. The minimum atomic E-state index is 0.294. The average molecular weight is 299 g/mol. The molecule has 0 saturated heterocycles. The summed E-state index contributed by atoms with van der Waals surface area (Å²) in [6.45, 7) is 13.5. The minimum Gasteiger partial charge on any atom is -0.383 e. The van der Waals surface area contributed by atoms with E-state index in [4.69, 9.17) is 4.74 Å². The van der Waals surface area contributed by atoms with Gasteiger partial charge in [-0.2, -0.15) is 0 Å². The van der Waals surface area contributed by atoms with E-state index in [9.17, 15) is 0 Å². The highest BCUT2D eigenvalue weighted by Crippen LogP contribution is 2.40. The number of hydrogen-bond acceptors (Lipinski definition) is 3. The van der Waals surface area contributed by atoms with E-state index in [1.807, 2.05) is 0 Å². The van der Waals surface area contributed by atoms with Crippen LogP contribution in [0.25, 0.3) is 0 Å². The quantitative estimate of drug-likeness (QED) is 0.659. The van der Waals surface area contributed by atoms with Gasteiger partial charge in [0, 0.05) is 32.3 Å². The van der Waals surface area contributed by atoms with Crippen molar-refractivity contribution in [3.63, 3.8) is 0 Å². The summed E-state index contributed by atoms with van der Waals surface area (Å²) < 4.78 is 5.16. The summed E-state index contributed by atoms with van der Waals surface area (Å²) in [5.41, 5.74) is 0.740. The minimum absolute atomic E-state index is 0.294. The molecular formula is C18H38N2O. The van der Waals surface area contributed by atoms with Gasteiger partial charge in [0.25, 0.3) is 0 Å². The Labute approximate surface area is 132 Å². The molecule has 0 aliphatic heterocycles. The van der Waals surface area contributed by atoms with E-state index < -0.39 is 0 Å². The van der Waals surface area contributed by atoms with E-state index in [2.05, 4.69) is 45.0 Å². The summed E-state index contributed by atoms with van der Waals surface area (Å²) in [6.07, 6.45) is 6.68. The molecule has 0 spiro atoms. The number of nitrogens with one attached hydrogen (secondary N) is 1. The Hall–Kier alpha value is -0.120. The van der Waals surface area contributed by atoms with E-state index in [1.54, 1.807) is 7.11 Å². The van der Waals surface area contributed by atoms with Crippen LogP contribution in [0.1, 0.15) is 59.8 Å². The number of hydrogen-bond donors (Lipinski definition) is 1. The molecule has 1 saturated carbocycles. The highest BCUT2D eigenvalue weighted by atomic mass is 16.5. The Morgan fingerprint density at radius 2 is 1.90 bits per heavy atom. The van der Waals surface area contributed by atoms with Gasteiger partial charge in [0.15, 0.2) is 0 Å². The first kappa shape index (κ1) is 18.9. The van der Waals surface area contributed by atoms with Gasteiger partial charge in [0.2, 0.25) is 0 Å². The maximum absolute atomic E-state index is 5.16. The van der Waals surface area contributed by atoms with Gasteiger partial charge in [-0.3, -0.25) is 0 Å². The van der Waals surface area contributed by atoms with Crippen molar-refractivity contribution in [2.45, 2.75) is 65.3 Å². The standard InChI is InChI=1S/C18H38N2O/c1-7-17(3,4)20(5)15-18(14-19-12-13-21-6)10-8-16(2)9-11-18/h16,19H,7-15H2,1-6H3. The fourth-order valence-corrected chi connectivity index (χ4v) is 3.28. The third-order valence-corrected chi connectivity index (χ3v) is 5.79. The van der Waals surface area contributed by atoms with Crippen molar-refractivity contribution in [2.75, 3.05) is 40.4 Å². The maximum Gasteiger partial charge on any atom is 0.0587 e. The van der Waals surface area contributed by atoms with Gasteiger partial charge < -0.3 is 15.0 Å². The van der Waals surface area contributed by atoms with Crippen LogP contribution in [0.15, 0.2) is 0 Å². The molecule has 1 rings (SSSR count). The second kappa shape index (κ2) is 8.50. The van der Waals surface area contributed by atoms with Crippen molar-refractivity contribution in [1.82, 2.24) is 10.2 Å². The molecule has 0 bridgehead atoms. The molecule has 0 aromatic carbocycles. The first-order valence-corrected chi connectivity index (χ1v) is 8.76. The van der Waals surface area contributed by atoms with Crippen LogP contribution in [-0.4, -0.2) is 50.8 Å². The van der Waals surface area contributed by atoms with E-state index in [1.165, 1.54) is 38.6 Å². The molecule has 1 aliphatic carbocycles. The number of ether oxygens (including phenoxy) is 1. The number of rotatable bonds is 9. The molecule has 0 atom stereocenters. The SMILES string of the molecule is CCC(C)(C)N(C)CC1(CNCCOC)CCC(C)CC1. The zero-order valence-electron chi connectivity index (χ0n) is 15.3. The van der Waals surface area contributed by atoms with Crippen LogP contribution in [0.4, 0.5) is 0 Å². The summed E-state index contributed by atoms with van der Waals surface area (Å²) in [5, 5.41) is 3.63. The lowest BCUT2D eigenvalue weighted by molar-refractivity contribution is 0.0460. The lowest BCUT2D eigenvalue weighted by Gasteiger charge is -2.46. The van der Waals surface area contributed by atoms with Gasteiger partial charge in [0.1, 0.15) is 0 Å². The second-order valence-corrected chi connectivity index (χ2v) is 7.87. The molecule has 0 heterocycles. The molecule has 1 N–H and O–H groups in total. The predicted molar refractivity (Wildman–Crippen MR) is 91.8 cm³/mol. The highest BCUT2D eigenvalue weighted by molar-refractivity contribution is 4.91. The Morgan fingerprint density at radius 3 is 2.43 bits per heavy atom. The Balaban J connectivity index is 2.63. The van der Waals surface area contributed by atoms with Crippen LogP contribution in [0.3, 0.4) is 0 Å². The fourth-order valence-electron chi connectivity index (χ4n) is 3.28. The predicted octanol–water partition coefficient (Wildman–Crippen LogP) is 3.54. The summed E-state index contributed by atoms with van der Waals surface area (Å²) >= 11 is 0. The number of methoxy groups -OCH3 is 1. The Bertz CT molecular complexity index is 283.